The summed E-state index contributed by atoms with van der Waals surface area (Å²) in [5, 5.41) is 32.5. The molecule has 236 valence electrons. The molecule has 6 atom stereocenters. The van der Waals surface area contributed by atoms with E-state index in [0.29, 0.717) is 10.8 Å². The minimum absolute atomic E-state index is 0.0134. The number of phenols is 2. The van der Waals surface area contributed by atoms with Gasteiger partial charge >= 0.3 is 5.97 Å². The number of unbranched alkanes of at least 4 members (excludes halogenated alkanes) is 2. The predicted octanol–water partition coefficient (Wildman–Crippen LogP) is 6.90. The fourth-order valence-electron chi connectivity index (χ4n) is 8.45. The highest BCUT2D eigenvalue weighted by Gasteiger charge is 2.72. The zero-order valence-corrected chi connectivity index (χ0v) is 26.6. The molecule has 45 heavy (non-hydrogen) atoms. The van der Waals surface area contributed by atoms with Crippen LogP contribution in [0.2, 0.25) is 0 Å². The van der Waals surface area contributed by atoms with Crippen molar-refractivity contribution < 1.29 is 34.4 Å². The van der Waals surface area contributed by atoms with Crippen LogP contribution in [0.25, 0.3) is 0 Å². The van der Waals surface area contributed by atoms with E-state index in [1.165, 1.54) is 11.8 Å². The third kappa shape index (κ3) is 5.42. The fourth-order valence-corrected chi connectivity index (χ4v) is 9.60. The first-order valence-electron chi connectivity index (χ1n) is 15.7. The number of allylic oxidation sites excluding steroid dienone is 2. The van der Waals surface area contributed by atoms with Crippen LogP contribution in [0.1, 0.15) is 88.1 Å². The van der Waals surface area contributed by atoms with E-state index in [-0.39, 0.29) is 47.4 Å². The molecule has 0 unspecified atom stereocenters. The molecule has 2 aliphatic heterocycles. The van der Waals surface area contributed by atoms with Gasteiger partial charge in [0.25, 0.3) is 0 Å². The van der Waals surface area contributed by atoms with E-state index in [0.717, 1.165) is 61.1 Å². The number of nitrogens with one attached hydrogen (secondary N) is 1. The van der Waals surface area contributed by atoms with Gasteiger partial charge in [0, 0.05) is 34.6 Å². The standard InChI is InChI=1S/C36H39NO7S/c1-4-5-6-7-8-21-9-11-23(12-10-21)45-27-19-36-18-22-17-26(44-35(22,3)20-36)31(36)34(2,32(27)41)16-15-28(39)37-29-25(38)14-13-24(30(29)40)33(42)43/h9-14,19,22,26,31,38,40H,4-6,15-18,20H2,1-3H3,(H,37,39)(H,42,43)/t22-,26+,31+,34+,35+,36-/m1/s1. The Hall–Kier alpha value is -3.74. The van der Waals surface area contributed by atoms with Crippen molar-refractivity contribution in [2.24, 2.45) is 22.7 Å². The smallest absolute Gasteiger partial charge is 0.339 e. The molecule has 2 saturated carbocycles. The molecule has 4 bridgehead atoms. The average molecular weight is 630 g/mol. The Morgan fingerprint density at radius 2 is 1.89 bits per heavy atom. The van der Waals surface area contributed by atoms with Gasteiger partial charge in [-0.2, -0.15) is 0 Å². The number of carboxylic acid groups (broad SMARTS) is 1. The monoisotopic (exact) mass is 629 g/mol. The van der Waals surface area contributed by atoms with Crippen LogP contribution in [0.15, 0.2) is 52.3 Å². The lowest BCUT2D eigenvalue weighted by molar-refractivity contribution is -0.169. The van der Waals surface area contributed by atoms with Crippen molar-refractivity contribution in [2.75, 3.05) is 5.32 Å². The molecule has 9 heteroatoms. The molecule has 7 rings (SSSR count). The maximum atomic E-state index is 14.4. The molecule has 2 heterocycles. The lowest BCUT2D eigenvalue weighted by Gasteiger charge is -2.56. The van der Waals surface area contributed by atoms with Crippen LogP contribution >= 0.6 is 11.8 Å². The van der Waals surface area contributed by atoms with E-state index in [9.17, 15) is 29.7 Å². The maximum absolute atomic E-state index is 14.4. The number of hydrogen-bond donors (Lipinski definition) is 4. The first-order chi connectivity index (χ1) is 21.4. The molecule has 4 N–H and O–H groups in total. The van der Waals surface area contributed by atoms with E-state index >= 15 is 0 Å². The second-order valence-corrected chi connectivity index (χ2v) is 14.6. The predicted molar refractivity (Wildman–Crippen MR) is 171 cm³/mol. The van der Waals surface area contributed by atoms with Gasteiger partial charge < -0.3 is 25.4 Å². The quantitative estimate of drug-likeness (QED) is 0.134. The molecule has 3 aliphatic carbocycles. The number of Topliss-reactive ketones (excluding diaryl/α,β-unsaturated/α-hetero) is 1. The minimum atomic E-state index is -1.39. The molecule has 4 fully saturated rings. The van der Waals surface area contributed by atoms with Crippen LogP contribution in [0.5, 0.6) is 11.5 Å². The van der Waals surface area contributed by atoms with Gasteiger partial charge in [-0.3, -0.25) is 9.59 Å². The molecule has 0 radical (unpaired) electrons. The number of carboxylic acids is 1. The lowest BCUT2D eigenvalue weighted by atomic mass is 9.51. The van der Waals surface area contributed by atoms with E-state index in [1.807, 2.05) is 31.2 Å². The Balaban J connectivity index is 1.25. The number of anilines is 1. The van der Waals surface area contributed by atoms with E-state index in [2.05, 4.69) is 37.1 Å². The number of phenolic OH excluding ortho intramolecular Hbond substituents is 1. The Morgan fingerprint density at radius 3 is 2.58 bits per heavy atom. The summed E-state index contributed by atoms with van der Waals surface area (Å²) in [6.45, 7) is 6.29. The SMILES string of the molecule is CCCCC#Cc1ccc(SC2=C[C@]34C[C@H]5C[C@H](O[C@@]5(C)C3)[C@H]4[C@](C)(CCC(=O)Nc3c(O)ccc(C(=O)O)c3O)C2=O)cc1. The summed E-state index contributed by atoms with van der Waals surface area (Å²) in [5.74, 6) is 3.66. The number of thioether (sulfide) groups is 1. The van der Waals surface area contributed by atoms with Crippen molar-refractivity contribution in [3.05, 3.63) is 58.5 Å². The van der Waals surface area contributed by atoms with Crippen LogP contribution in [-0.4, -0.2) is 44.7 Å². The summed E-state index contributed by atoms with van der Waals surface area (Å²) in [5.41, 5.74) is -1.18. The fraction of sp³-hybridized carbons (Fsp3) is 0.472. The van der Waals surface area contributed by atoms with Crippen molar-refractivity contribution in [2.45, 2.75) is 88.7 Å². The Bertz CT molecular complexity index is 1660. The second-order valence-electron chi connectivity index (χ2n) is 13.5. The van der Waals surface area contributed by atoms with Gasteiger partial charge in [0.05, 0.1) is 16.6 Å². The number of ketones is 1. The Labute approximate surface area is 267 Å². The summed E-state index contributed by atoms with van der Waals surface area (Å²) in [6, 6.07) is 10.1. The second kappa shape index (κ2) is 11.6. The largest absolute Gasteiger partial charge is 0.506 e. The summed E-state index contributed by atoms with van der Waals surface area (Å²) in [4.78, 5) is 40.8. The molecule has 8 nitrogen and oxygen atoms in total. The first kappa shape index (κ1) is 31.3. The average Bonchev–Trinajstić information content (AvgIpc) is 3.36. The van der Waals surface area contributed by atoms with E-state index < -0.39 is 34.4 Å². The van der Waals surface area contributed by atoms with Crippen molar-refractivity contribution in [3.8, 4) is 23.3 Å². The van der Waals surface area contributed by atoms with E-state index in [1.54, 1.807) is 0 Å². The molecule has 2 saturated heterocycles. The summed E-state index contributed by atoms with van der Waals surface area (Å²) < 4.78 is 6.61. The number of benzene rings is 2. The van der Waals surface area contributed by atoms with Gasteiger partial charge in [0.1, 0.15) is 17.0 Å². The zero-order chi connectivity index (χ0) is 32.1. The molecular formula is C36H39NO7S. The van der Waals surface area contributed by atoms with Gasteiger partial charge in [0.2, 0.25) is 5.91 Å². The molecule has 1 amide bonds. The number of rotatable bonds is 9. The normalized spacial score (nSPS) is 30.8. The van der Waals surface area contributed by atoms with Crippen molar-refractivity contribution in [1.82, 2.24) is 0 Å². The van der Waals surface area contributed by atoms with Gasteiger partial charge in [0.15, 0.2) is 11.5 Å². The molecular weight excluding hydrogens is 590 g/mol. The third-order valence-electron chi connectivity index (χ3n) is 10.4. The molecule has 2 aromatic rings. The van der Waals surface area contributed by atoms with Gasteiger partial charge in [-0.15, -0.1) is 0 Å². The number of carbonyl (C=O) groups is 3. The third-order valence-corrected chi connectivity index (χ3v) is 11.5. The van der Waals surface area contributed by atoms with Gasteiger partial charge in [-0.1, -0.05) is 49.9 Å². The molecule has 2 aromatic carbocycles. The van der Waals surface area contributed by atoms with Crippen LogP contribution < -0.4 is 5.32 Å². The van der Waals surface area contributed by atoms with Crippen LogP contribution in [0.3, 0.4) is 0 Å². The highest BCUT2D eigenvalue weighted by Crippen LogP contribution is 2.72. The van der Waals surface area contributed by atoms with Crippen molar-refractivity contribution >= 4 is 35.1 Å². The highest BCUT2D eigenvalue weighted by atomic mass is 32.2. The van der Waals surface area contributed by atoms with Gasteiger partial charge in [-0.25, -0.2) is 4.79 Å². The minimum Gasteiger partial charge on any atom is -0.506 e. The zero-order valence-electron chi connectivity index (χ0n) is 25.8. The molecule has 1 spiro atoms. The Kier molecular flexibility index (Phi) is 8.03. The number of ether oxygens (including phenoxy) is 1. The number of aromatic carboxylic acids is 1. The van der Waals surface area contributed by atoms with Crippen LogP contribution in [0, 0.1) is 34.5 Å². The van der Waals surface area contributed by atoms with E-state index in [4.69, 9.17) is 4.74 Å². The molecule has 0 aromatic heterocycles. The number of amides is 1. The topological polar surface area (TPSA) is 133 Å². The Morgan fingerprint density at radius 1 is 1.13 bits per heavy atom. The summed E-state index contributed by atoms with van der Waals surface area (Å²) in [6.07, 6.45) is 8.04. The summed E-state index contributed by atoms with van der Waals surface area (Å²) >= 11 is 1.46. The molecule has 5 aliphatic rings. The lowest BCUT2D eigenvalue weighted by Crippen LogP contribution is -2.57. The summed E-state index contributed by atoms with van der Waals surface area (Å²) in [7, 11) is 0. The highest BCUT2D eigenvalue weighted by molar-refractivity contribution is 8.04. The van der Waals surface area contributed by atoms with Crippen LogP contribution in [0.4, 0.5) is 5.69 Å². The van der Waals surface area contributed by atoms with Crippen molar-refractivity contribution in [1.29, 1.82) is 0 Å². The van der Waals surface area contributed by atoms with Gasteiger partial charge in [-0.05, 0) is 86.8 Å². The number of aromatic hydroxyl groups is 2. The number of carbonyl (C=O) groups excluding carboxylic acids is 2. The van der Waals surface area contributed by atoms with Crippen molar-refractivity contribution in [3.63, 3.8) is 0 Å². The number of hydrogen-bond acceptors (Lipinski definition) is 7. The van der Waals surface area contributed by atoms with Crippen LogP contribution in [-0.2, 0) is 14.3 Å². The first-order valence-corrected chi connectivity index (χ1v) is 16.5. The maximum Gasteiger partial charge on any atom is 0.339 e.